The Kier molecular flexibility index (Phi) is 5.67. The molecule has 0 saturated heterocycles. The molecule has 6 rings (SSSR count). The first kappa shape index (κ1) is 22.3. The Morgan fingerprint density at radius 1 is 0.972 bits per heavy atom. The minimum absolute atomic E-state index is 0.327. The van der Waals surface area contributed by atoms with Crippen molar-refractivity contribution in [1.82, 2.24) is 24.6 Å². The van der Waals surface area contributed by atoms with Crippen molar-refractivity contribution in [2.45, 2.75) is 6.61 Å². The van der Waals surface area contributed by atoms with Crippen molar-refractivity contribution in [2.24, 2.45) is 0 Å². The van der Waals surface area contributed by atoms with E-state index in [9.17, 15) is 0 Å². The number of methoxy groups -OCH3 is 2. The van der Waals surface area contributed by atoms with Crippen LogP contribution in [0.5, 0.6) is 17.0 Å². The Morgan fingerprint density at radius 2 is 1.83 bits per heavy atom. The van der Waals surface area contributed by atoms with Crippen LogP contribution in [-0.2, 0) is 6.61 Å². The molecule has 180 valence electrons. The molecule has 0 saturated carbocycles. The molecule has 0 N–H and O–H groups in total. The maximum atomic E-state index is 6.38. The first-order valence-electron chi connectivity index (χ1n) is 10.8. The highest BCUT2D eigenvalue weighted by molar-refractivity contribution is 7.18. The Balaban J connectivity index is 1.29. The molecule has 0 aliphatic heterocycles. The van der Waals surface area contributed by atoms with Gasteiger partial charge < -0.3 is 18.6 Å². The third-order valence-electron chi connectivity index (χ3n) is 5.52. The van der Waals surface area contributed by atoms with Crippen molar-refractivity contribution in [3.8, 4) is 39.5 Å². The molecular formula is C25H18ClN5O4S. The maximum Gasteiger partial charge on any atom is 0.316 e. The second-order valence-corrected chi connectivity index (χ2v) is 9.14. The van der Waals surface area contributed by atoms with Gasteiger partial charge in [-0.1, -0.05) is 29.8 Å². The standard InChI is InChI=1S/C25H18ClN5O4S/c1-32-23-27-10-16(11-28-23)15-5-3-4-14(6-15)13-34-20-7-17(26)8-21-18(20)9-22(35-21)19-12-29-24-31(19)30-25(33-2)36-24/h3-12H,13H2,1-2H3. The zero-order valence-corrected chi connectivity index (χ0v) is 20.7. The molecule has 0 amide bonds. The predicted molar refractivity (Wildman–Crippen MR) is 136 cm³/mol. The Hall–Kier alpha value is -4.15. The highest BCUT2D eigenvalue weighted by Gasteiger charge is 2.18. The molecule has 2 aromatic carbocycles. The summed E-state index contributed by atoms with van der Waals surface area (Å²) in [5, 5.41) is 6.24. The second-order valence-electron chi connectivity index (χ2n) is 7.78. The van der Waals surface area contributed by atoms with Crippen LogP contribution < -0.4 is 14.2 Å². The van der Waals surface area contributed by atoms with Crippen LogP contribution >= 0.6 is 22.9 Å². The first-order valence-corrected chi connectivity index (χ1v) is 12.0. The molecule has 6 aromatic rings. The fourth-order valence-corrected chi connectivity index (χ4v) is 4.71. The summed E-state index contributed by atoms with van der Waals surface area (Å²) >= 11 is 7.73. The molecule has 36 heavy (non-hydrogen) atoms. The minimum atomic E-state index is 0.327. The van der Waals surface area contributed by atoms with Gasteiger partial charge in [-0.3, -0.25) is 0 Å². The van der Waals surface area contributed by atoms with E-state index >= 15 is 0 Å². The SMILES string of the molecule is COc1ncc(-c2cccc(COc3cc(Cl)cc4oc(-c5cnc6sc(OC)nn56)cc34)c2)cn1. The van der Waals surface area contributed by atoms with Gasteiger partial charge in [0.2, 0.25) is 4.96 Å². The summed E-state index contributed by atoms with van der Waals surface area (Å²) in [4.78, 5) is 13.5. The van der Waals surface area contributed by atoms with Gasteiger partial charge in [-0.05, 0) is 40.7 Å². The number of halogens is 1. The largest absolute Gasteiger partial charge is 0.488 e. The number of aromatic nitrogens is 5. The average molecular weight is 520 g/mol. The highest BCUT2D eigenvalue weighted by atomic mass is 35.5. The fraction of sp³-hybridized carbons (Fsp3) is 0.120. The minimum Gasteiger partial charge on any atom is -0.488 e. The van der Waals surface area contributed by atoms with E-state index in [1.165, 1.54) is 18.4 Å². The lowest BCUT2D eigenvalue weighted by molar-refractivity contribution is 0.310. The second kappa shape index (κ2) is 9.14. The predicted octanol–water partition coefficient (Wildman–Crippen LogP) is 5.91. The van der Waals surface area contributed by atoms with Crippen LogP contribution in [0, 0.1) is 0 Å². The summed E-state index contributed by atoms with van der Waals surface area (Å²) < 4.78 is 24.3. The van der Waals surface area contributed by atoms with E-state index < -0.39 is 0 Å². The molecule has 0 aliphatic carbocycles. The lowest BCUT2D eigenvalue weighted by atomic mass is 10.1. The molecule has 0 unspecified atom stereocenters. The topological polar surface area (TPSA) is 96.8 Å². The number of imidazole rings is 1. The van der Waals surface area contributed by atoms with E-state index in [4.69, 9.17) is 30.2 Å². The highest BCUT2D eigenvalue weighted by Crippen LogP contribution is 2.37. The van der Waals surface area contributed by atoms with Gasteiger partial charge in [0, 0.05) is 29.0 Å². The Morgan fingerprint density at radius 3 is 2.64 bits per heavy atom. The van der Waals surface area contributed by atoms with Crippen molar-refractivity contribution in [1.29, 1.82) is 0 Å². The summed E-state index contributed by atoms with van der Waals surface area (Å²) in [6, 6.07) is 13.8. The van der Waals surface area contributed by atoms with Gasteiger partial charge in [0.15, 0.2) is 5.76 Å². The number of fused-ring (bicyclic) bond motifs is 2. The third kappa shape index (κ3) is 4.10. The van der Waals surface area contributed by atoms with Gasteiger partial charge >= 0.3 is 6.01 Å². The summed E-state index contributed by atoms with van der Waals surface area (Å²) in [6.45, 7) is 0.334. The third-order valence-corrected chi connectivity index (χ3v) is 6.63. The maximum absolute atomic E-state index is 6.38. The quantitative estimate of drug-likeness (QED) is 0.257. The fourth-order valence-electron chi connectivity index (χ4n) is 3.82. The van der Waals surface area contributed by atoms with Crippen molar-refractivity contribution in [3.05, 3.63) is 71.6 Å². The number of hydrogen-bond acceptors (Lipinski definition) is 9. The van der Waals surface area contributed by atoms with E-state index in [0.717, 1.165) is 22.1 Å². The zero-order chi connectivity index (χ0) is 24.6. The van der Waals surface area contributed by atoms with Crippen molar-refractivity contribution < 1.29 is 18.6 Å². The molecular weight excluding hydrogens is 502 g/mol. The summed E-state index contributed by atoms with van der Waals surface area (Å²) in [5.74, 6) is 1.21. The number of furan rings is 1. The number of rotatable bonds is 7. The van der Waals surface area contributed by atoms with E-state index in [0.29, 0.717) is 50.6 Å². The number of nitrogens with zero attached hydrogens (tertiary/aromatic N) is 5. The van der Waals surface area contributed by atoms with Gasteiger partial charge in [0.05, 0.1) is 25.8 Å². The lowest BCUT2D eigenvalue weighted by Crippen LogP contribution is -1.96. The van der Waals surface area contributed by atoms with Gasteiger partial charge in [-0.25, -0.2) is 15.0 Å². The summed E-state index contributed by atoms with van der Waals surface area (Å²) in [7, 11) is 3.11. The molecule has 0 radical (unpaired) electrons. The van der Waals surface area contributed by atoms with Crippen molar-refractivity contribution in [3.63, 3.8) is 0 Å². The van der Waals surface area contributed by atoms with Gasteiger partial charge in [0.25, 0.3) is 5.19 Å². The van der Waals surface area contributed by atoms with Gasteiger partial charge in [-0.15, -0.1) is 5.10 Å². The van der Waals surface area contributed by atoms with Crippen molar-refractivity contribution in [2.75, 3.05) is 14.2 Å². The van der Waals surface area contributed by atoms with E-state index in [2.05, 4.69) is 20.1 Å². The molecule has 0 aliphatic rings. The van der Waals surface area contributed by atoms with Crippen LogP contribution in [0.3, 0.4) is 0 Å². The van der Waals surface area contributed by atoms with Gasteiger partial charge in [0.1, 0.15) is 23.6 Å². The number of hydrogen-bond donors (Lipinski definition) is 0. The molecule has 0 fully saturated rings. The molecule has 4 aromatic heterocycles. The Labute approximate surface area is 213 Å². The monoisotopic (exact) mass is 519 g/mol. The van der Waals surface area contributed by atoms with Crippen LogP contribution in [0.25, 0.3) is 38.5 Å². The molecule has 0 spiro atoms. The van der Waals surface area contributed by atoms with Crippen LogP contribution in [0.15, 0.2) is 65.5 Å². The van der Waals surface area contributed by atoms with Crippen LogP contribution in [0.4, 0.5) is 0 Å². The van der Waals surface area contributed by atoms with Crippen LogP contribution in [-0.4, -0.2) is 38.8 Å². The average Bonchev–Trinajstić information content (AvgIpc) is 3.61. The van der Waals surface area contributed by atoms with E-state index in [-0.39, 0.29) is 0 Å². The summed E-state index contributed by atoms with van der Waals surface area (Å²) in [6.07, 6.45) is 5.17. The first-order chi connectivity index (χ1) is 17.6. The molecule has 11 heteroatoms. The van der Waals surface area contributed by atoms with Crippen LogP contribution in [0.2, 0.25) is 5.02 Å². The van der Waals surface area contributed by atoms with Crippen molar-refractivity contribution >= 4 is 38.9 Å². The molecule has 4 heterocycles. The summed E-state index contributed by atoms with van der Waals surface area (Å²) in [5.41, 5.74) is 4.15. The number of ether oxygens (including phenoxy) is 3. The van der Waals surface area contributed by atoms with E-state index in [1.807, 2.05) is 30.3 Å². The lowest BCUT2D eigenvalue weighted by Gasteiger charge is -2.09. The normalized spacial score (nSPS) is 11.3. The number of benzene rings is 2. The molecule has 9 nitrogen and oxygen atoms in total. The zero-order valence-electron chi connectivity index (χ0n) is 19.1. The van der Waals surface area contributed by atoms with Crippen LogP contribution in [0.1, 0.15) is 5.56 Å². The Bertz CT molecular complexity index is 1690. The molecule has 0 atom stereocenters. The van der Waals surface area contributed by atoms with Gasteiger partial charge in [-0.2, -0.15) is 4.52 Å². The molecule has 0 bridgehead atoms. The smallest absolute Gasteiger partial charge is 0.316 e. The van der Waals surface area contributed by atoms with E-state index in [1.54, 1.807) is 42.3 Å².